The van der Waals surface area contributed by atoms with Crippen LogP contribution in [-0.2, 0) is 11.0 Å². The third-order valence-corrected chi connectivity index (χ3v) is 5.24. The molecular weight excluding hydrogens is 477 g/mol. The monoisotopic (exact) mass is 499 g/mol. The summed E-state index contributed by atoms with van der Waals surface area (Å²) in [7, 11) is 1.53. The Morgan fingerprint density at radius 2 is 1.94 bits per heavy atom. The van der Waals surface area contributed by atoms with Gasteiger partial charge in [0, 0.05) is 32.1 Å². The summed E-state index contributed by atoms with van der Waals surface area (Å²) in [6.45, 7) is 0.186. The second kappa shape index (κ2) is 10.3. The van der Waals surface area contributed by atoms with Crippen LogP contribution in [-0.4, -0.2) is 68.6 Å². The van der Waals surface area contributed by atoms with Gasteiger partial charge in [-0.3, -0.25) is 10.2 Å². The number of rotatable bonds is 7. The molecule has 1 amide bonds. The van der Waals surface area contributed by atoms with Crippen molar-refractivity contribution in [1.29, 1.82) is 5.41 Å². The summed E-state index contributed by atoms with van der Waals surface area (Å²) in [4.78, 5) is 28.9. The Balaban J connectivity index is 1.83. The van der Waals surface area contributed by atoms with E-state index in [0.29, 0.717) is 6.20 Å². The van der Waals surface area contributed by atoms with Crippen LogP contribution in [0.3, 0.4) is 0 Å². The average Bonchev–Trinajstić information content (AvgIpc) is 2.80. The molecule has 0 unspecified atom stereocenters. The number of carbonyl (C=O) groups is 1. The topological polar surface area (TPSA) is 117 Å². The van der Waals surface area contributed by atoms with Gasteiger partial charge in [0.05, 0.1) is 30.6 Å². The summed E-state index contributed by atoms with van der Waals surface area (Å²) in [6.07, 6.45) is 0.146. The Kier molecular flexibility index (Phi) is 7.60. The quantitative estimate of drug-likeness (QED) is 0.445. The molecular formula is C21H22F5N7O2. The highest BCUT2D eigenvalue weighted by Crippen LogP contribution is 2.35. The maximum atomic E-state index is 14.4. The largest absolute Gasteiger partial charge is 0.474 e. The van der Waals surface area contributed by atoms with Crippen molar-refractivity contribution in [3.05, 3.63) is 48.6 Å². The molecule has 0 bridgehead atoms. The fraction of sp³-hybridized carbons (Fsp3) is 0.429. The molecule has 35 heavy (non-hydrogen) atoms. The van der Waals surface area contributed by atoms with Crippen molar-refractivity contribution in [3.8, 4) is 5.88 Å². The smallest absolute Gasteiger partial charge is 0.434 e. The van der Waals surface area contributed by atoms with Gasteiger partial charge in [-0.05, 0) is 12.0 Å². The molecule has 0 radical (unpaired) electrons. The number of halogens is 5. The van der Waals surface area contributed by atoms with Crippen LogP contribution >= 0.6 is 0 Å². The number of nitrogens with one attached hydrogen (secondary N) is 2. The van der Waals surface area contributed by atoms with Crippen molar-refractivity contribution in [2.75, 3.05) is 20.2 Å². The normalized spacial score (nSPS) is 20.3. The molecule has 0 aromatic carbocycles. The van der Waals surface area contributed by atoms with E-state index in [1.54, 1.807) is 0 Å². The van der Waals surface area contributed by atoms with E-state index in [9.17, 15) is 26.7 Å². The first kappa shape index (κ1) is 25.9. The van der Waals surface area contributed by atoms with Gasteiger partial charge >= 0.3 is 6.18 Å². The van der Waals surface area contributed by atoms with Gasteiger partial charge in [0.15, 0.2) is 11.5 Å². The molecule has 9 nitrogen and oxygen atoms in total. The summed E-state index contributed by atoms with van der Waals surface area (Å²) in [5, 5.41) is 11.1. The van der Waals surface area contributed by atoms with E-state index in [0.717, 1.165) is 11.1 Å². The first-order chi connectivity index (χ1) is 16.4. The van der Waals surface area contributed by atoms with Crippen LogP contribution in [0.15, 0.2) is 37.1 Å². The third kappa shape index (κ3) is 6.25. The maximum Gasteiger partial charge on any atom is 0.434 e. The lowest BCUT2D eigenvalue weighted by atomic mass is 9.88. The first-order valence-electron chi connectivity index (χ1n) is 10.4. The SMILES string of the molecule is CN/C=C(\C(=N)C(=O)N1CC(F)(F)C[C@@H](C)[C@H]1COc1cnc(C(F)(F)F)cn1)c1ncccn1. The summed E-state index contributed by atoms with van der Waals surface area (Å²) in [6, 6.07) is 0.621. The number of amides is 1. The van der Waals surface area contributed by atoms with E-state index in [-0.39, 0.29) is 23.9 Å². The van der Waals surface area contributed by atoms with Crippen LogP contribution in [0.25, 0.3) is 5.57 Å². The Labute approximate surface area is 197 Å². The lowest BCUT2D eigenvalue weighted by molar-refractivity contribution is -0.148. The fourth-order valence-electron chi connectivity index (χ4n) is 3.62. The summed E-state index contributed by atoms with van der Waals surface area (Å²) in [5.74, 6) is -5.20. The van der Waals surface area contributed by atoms with Crippen LogP contribution in [0, 0.1) is 11.3 Å². The van der Waals surface area contributed by atoms with E-state index < -0.39 is 54.3 Å². The minimum absolute atomic E-state index is 0.00656. The molecule has 1 fully saturated rings. The molecule has 3 rings (SSSR count). The molecule has 188 valence electrons. The van der Waals surface area contributed by atoms with Crippen LogP contribution in [0.5, 0.6) is 5.88 Å². The number of carbonyl (C=O) groups excluding carboxylic acids is 1. The van der Waals surface area contributed by atoms with Crippen LogP contribution in [0.1, 0.15) is 24.9 Å². The standard InChI is InChI=1S/C21H22F5N7O2/c1-12-6-20(22,23)11-33(14(12)10-35-16-9-31-15(8-32-16)21(24,25)26)19(34)17(27)13(7-28-2)18-29-4-3-5-30-18/h3-5,7-9,12,14,27-28H,6,10-11H2,1-2H3/b13-7+,27-17?/t12-,14-/m1/s1. The second-order valence-electron chi connectivity index (χ2n) is 7.88. The molecule has 2 aromatic heterocycles. The van der Waals surface area contributed by atoms with Gasteiger partial charge in [0.25, 0.3) is 11.8 Å². The summed E-state index contributed by atoms with van der Waals surface area (Å²) in [5.41, 5.74) is -1.84. The van der Waals surface area contributed by atoms with Crippen molar-refractivity contribution < 1.29 is 31.5 Å². The van der Waals surface area contributed by atoms with E-state index in [1.165, 1.54) is 38.6 Å². The minimum atomic E-state index is -4.68. The zero-order chi connectivity index (χ0) is 25.8. The highest BCUT2D eigenvalue weighted by Gasteiger charge is 2.47. The van der Waals surface area contributed by atoms with Gasteiger partial charge in [-0.2, -0.15) is 13.2 Å². The average molecular weight is 499 g/mol. The van der Waals surface area contributed by atoms with E-state index >= 15 is 0 Å². The number of likely N-dealkylation sites (tertiary alicyclic amines) is 1. The van der Waals surface area contributed by atoms with Crippen LogP contribution in [0.2, 0.25) is 0 Å². The van der Waals surface area contributed by atoms with Gasteiger partial charge in [0.2, 0.25) is 5.88 Å². The van der Waals surface area contributed by atoms with Gasteiger partial charge in [0.1, 0.15) is 12.3 Å². The highest BCUT2D eigenvalue weighted by atomic mass is 19.4. The number of hydrogen-bond donors (Lipinski definition) is 2. The number of piperidine rings is 1. The molecule has 2 aromatic rings. The van der Waals surface area contributed by atoms with Crippen molar-refractivity contribution in [2.24, 2.45) is 5.92 Å². The number of ether oxygens (including phenoxy) is 1. The third-order valence-electron chi connectivity index (χ3n) is 5.24. The number of nitrogens with zero attached hydrogens (tertiary/aromatic N) is 5. The number of aromatic nitrogens is 4. The van der Waals surface area contributed by atoms with Gasteiger partial charge < -0.3 is 15.0 Å². The number of alkyl halides is 5. The van der Waals surface area contributed by atoms with E-state index in [4.69, 9.17) is 10.1 Å². The van der Waals surface area contributed by atoms with Crippen molar-refractivity contribution in [2.45, 2.75) is 31.5 Å². The molecule has 0 spiro atoms. The highest BCUT2D eigenvalue weighted by molar-refractivity contribution is 6.54. The molecule has 0 saturated carbocycles. The maximum absolute atomic E-state index is 14.4. The molecule has 3 heterocycles. The van der Waals surface area contributed by atoms with E-state index in [1.807, 2.05) is 0 Å². The molecule has 1 aliphatic heterocycles. The lowest BCUT2D eigenvalue weighted by Crippen LogP contribution is -2.58. The minimum Gasteiger partial charge on any atom is -0.474 e. The zero-order valence-electron chi connectivity index (χ0n) is 18.7. The molecule has 2 N–H and O–H groups in total. The van der Waals surface area contributed by atoms with Crippen molar-refractivity contribution in [1.82, 2.24) is 30.2 Å². The number of hydrogen-bond acceptors (Lipinski definition) is 8. The van der Waals surface area contributed by atoms with E-state index in [2.05, 4.69) is 25.3 Å². The fourth-order valence-corrected chi connectivity index (χ4v) is 3.62. The molecule has 1 saturated heterocycles. The Hall–Kier alpha value is -3.71. The van der Waals surface area contributed by atoms with Gasteiger partial charge in [-0.25, -0.2) is 28.7 Å². The van der Waals surface area contributed by atoms with Crippen molar-refractivity contribution in [3.63, 3.8) is 0 Å². The Morgan fingerprint density at radius 1 is 1.26 bits per heavy atom. The second-order valence-corrected chi connectivity index (χ2v) is 7.88. The predicted octanol–water partition coefficient (Wildman–Crippen LogP) is 2.82. The van der Waals surface area contributed by atoms with Crippen LogP contribution in [0.4, 0.5) is 22.0 Å². The van der Waals surface area contributed by atoms with Gasteiger partial charge in [-0.15, -0.1) is 0 Å². The molecule has 0 aliphatic carbocycles. The lowest BCUT2D eigenvalue weighted by Gasteiger charge is -2.43. The zero-order valence-corrected chi connectivity index (χ0v) is 18.7. The van der Waals surface area contributed by atoms with Gasteiger partial charge in [-0.1, -0.05) is 6.92 Å². The first-order valence-corrected chi connectivity index (χ1v) is 10.4. The molecule has 14 heteroatoms. The predicted molar refractivity (Wildman–Crippen MR) is 114 cm³/mol. The molecule has 1 aliphatic rings. The Morgan fingerprint density at radius 3 is 2.51 bits per heavy atom. The molecule has 2 atom stereocenters. The Bertz CT molecular complexity index is 1080. The van der Waals surface area contributed by atoms with Crippen molar-refractivity contribution >= 4 is 17.2 Å². The summed E-state index contributed by atoms with van der Waals surface area (Å²) < 4.78 is 72.3. The summed E-state index contributed by atoms with van der Waals surface area (Å²) >= 11 is 0. The van der Waals surface area contributed by atoms with Crippen LogP contribution < -0.4 is 10.1 Å².